The first-order valence-electron chi connectivity index (χ1n) is 9.21. The molecule has 0 spiro atoms. The summed E-state index contributed by atoms with van der Waals surface area (Å²) in [6, 6.07) is 18.1. The molecule has 1 N–H and O–H groups in total. The fraction of sp³-hybridized carbons (Fsp3) is 0.381. The fourth-order valence-electron chi connectivity index (χ4n) is 3.10. The molecule has 1 fully saturated rings. The zero-order valence-electron chi connectivity index (χ0n) is 15.5. The van der Waals surface area contributed by atoms with Crippen LogP contribution in [0.25, 0.3) is 0 Å². The Hall–Kier alpha value is -2.69. The lowest BCUT2D eigenvalue weighted by Crippen LogP contribution is -2.50. The molecule has 0 aromatic heterocycles. The molecule has 0 saturated carbocycles. The zero-order chi connectivity index (χ0) is 18.4. The van der Waals surface area contributed by atoms with Crippen molar-refractivity contribution in [1.82, 2.24) is 4.90 Å². The molecule has 0 unspecified atom stereocenters. The zero-order valence-corrected chi connectivity index (χ0v) is 15.5. The molecule has 0 bridgehead atoms. The van der Waals surface area contributed by atoms with E-state index in [2.05, 4.69) is 22.3 Å². The van der Waals surface area contributed by atoms with Gasteiger partial charge in [0.2, 0.25) is 5.91 Å². The summed E-state index contributed by atoms with van der Waals surface area (Å²) in [5.41, 5.74) is 2.08. The van der Waals surface area contributed by atoms with Crippen molar-refractivity contribution in [2.45, 2.75) is 20.0 Å². The minimum Gasteiger partial charge on any atom is -0.489 e. The van der Waals surface area contributed by atoms with E-state index in [-0.39, 0.29) is 18.6 Å². The van der Waals surface area contributed by atoms with Gasteiger partial charge >= 0.3 is 0 Å². The number of hydrogen-bond donors (Lipinski definition) is 1. The van der Waals surface area contributed by atoms with E-state index in [0.29, 0.717) is 0 Å². The Morgan fingerprint density at radius 2 is 1.65 bits per heavy atom. The Balaban J connectivity index is 1.51. The van der Waals surface area contributed by atoms with Gasteiger partial charge in [-0.2, -0.15) is 0 Å². The smallest absolute Gasteiger partial charge is 0.241 e. The van der Waals surface area contributed by atoms with E-state index in [9.17, 15) is 4.79 Å². The third-order valence-corrected chi connectivity index (χ3v) is 4.43. The van der Waals surface area contributed by atoms with Gasteiger partial charge in [0.05, 0.1) is 18.3 Å². The molecule has 1 aliphatic heterocycles. The molecule has 0 aliphatic carbocycles. The number of carbonyl (C=O) groups excluding carboxylic acids is 1. The van der Waals surface area contributed by atoms with E-state index in [0.717, 1.165) is 37.6 Å². The second kappa shape index (κ2) is 8.61. The van der Waals surface area contributed by atoms with Crippen LogP contribution in [0, 0.1) is 0 Å². The van der Waals surface area contributed by atoms with Crippen LogP contribution in [0.2, 0.25) is 0 Å². The summed E-state index contributed by atoms with van der Waals surface area (Å²) in [6.07, 6.45) is 0.0970. The standard InChI is InChI=1S/C21H27N3O2/c1-17(2)26-20-11-7-6-10-19(20)22-16-21(25)24-14-12-23(13-15-24)18-8-4-3-5-9-18/h3-11,17,22H,12-16H2,1-2H3. The number of para-hydroxylation sites is 3. The summed E-state index contributed by atoms with van der Waals surface area (Å²) < 4.78 is 5.79. The third kappa shape index (κ3) is 4.69. The number of hydrogen-bond acceptors (Lipinski definition) is 4. The topological polar surface area (TPSA) is 44.8 Å². The molecule has 5 nitrogen and oxygen atoms in total. The Kier molecular flexibility index (Phi) is 6.00. The summed E-state index contributed by atoms with van der Waals surface area (Å²) in [5, 5.41) is 3.23. The molecule has 1 amide bonds. The number of ether oxygens (including phenoxy) is 1. The molecule has 1 aliphatic rings. The number of nitrogens with one attached hydrogen (secondary N) is 1. The van der Waals surface area contributed by atoms with Crippen LogP contribution in [-0.4, -0.2) is 49.6 Å². The number of nitrogens with zero attached hydrogens (tertiary/aromatic N) is 2. The number of anilines is 2. The molecule has 138 valence electrons. The van der Waals surface area contributed by atoms with Gasteiger partial charge in [0.15, 0.2) is 0 Å². The molecular formula is C21H27N3O2. The molecule has 5 heteroatoms. The Morgan fingerprint density at radius 3 is 2.35 bits per heavy atom. The Labute approximate surface area is 155 Å². The molecule has 2 aromatic rings. The summed E-state index contributed by atoms with van der Waals surface area (Å²) >= 11 is 0. The molecule has 3 rings (SSSR count). The lowest BCUT2D eigenvalue weighted by molar-refractivity contribution is -0.129. The maximum atomic E-state index is 12.6. The lowest BCUT2D eigenvalue weighted by Gasteiger charge is -2.36. The second-order valence-corrected chi connectivity index (χ2v) is 6.72. The second-order valence-electron chi connectivity index (χ2n) is 6.72. The number of benzene rings is 2. The van der Waals surface area contributed by atoms with Crippen molar-refractivity contribution in [2.75, 3.05) is 42.9 Å². The minimum atomic E-state index is 0.0970. The van der Waals surface area contributed by atoms with Gasteiger partial charge in [-0.05, 0) is 38.1 Å². The predicted octanol–water partition coefficient (Wildman–Crippen LogP) is 3.23. The summed E-state index contributed by atoms with van der Waals surface area (Å²) in [5.74, 6) is 0.904. The van der Waals surface area contributed by atoms with E-state index in [1.807, 2.05) is 61.2 Å². The molecule has 0 radical (unpaired) electrons. The van der Waals surface area contributed by atoms with Gasteiger partial charge in [-0.25, -0.2) is 0 Å². The van der Waals surface area contributed by atoms with Crippen molar-refractivity contribution >= 4 is 17.3 Å². The highest BCUT2D eigenvalue weighted by atomic mass is 16.5. The van der Waals surface area contributed by atoms with Crippen LogP contribution in [0.15, 0.2) is 54.6 Å². The fourth-order valence-corrected chi connectivity index (χ4v) is 3.10. The summed E-state index contributed by atoms with van der Waals surface area (Å²) in [4.78, 5) is 16.8. The average molecular weight is 353 g/mol. The van der Waals surface area contributed by atoms with Crippen LogP contribution >= 0.6 is 0 Å². The maximum Gasteiger partial charge on any atom is 0.241 e. The van der Waals surface area contributed by atoms with Crippen LogP contribution < -0.4 is 15.0 Å². The van der Waals surface area contributed by atoms with Gasteiger partial charge < -0.3 is 19.9 Å². The van der Waals surface area contributed by atoms with Gasteiger partial charge in [-0.1, -0.05) is 30.3 Å². The van der Waals surface area contributed by atoms with Crippen molar-refractivity contribution < 1.29 is 9.53 Å². The van der Waals surface area contributed by atoms with Crippen molar-refractivity contribution in [3.63, 3.8) is 0 Å². The molecule has 0 atom stereocenters. The highest BCUT2D eigenvalue weighted by molar-refractivity contribution is 5.81. The average Bonchev–Trinajstić information content (AvgIpc) is 2.67. The van der Waals surface area contributed by atoms with Crippen molar-refractivity contribution in [3.05, 3.63) is 54.6 Å². The van der Waals surface area contributed by atoms with Gasteiger partial charge in [-0.15, -0.1) is 0 Å². The minimum absolute atomic E-state index is 0.0970. The van der Waals surface area contributed by atoms with Crippen LogP contribution in [-0.2, 0) is 4.79 Å². The predicted molar refractivity (Wildman–Crippen MR) is 106 cm³/mol. The van der Waals surface area contributed by atoms with Gasteiger partial charge in [0, 0.05) is 31.9 Å². The molecule has 1 heterocycles. The number of piperazine rings is 1. The van der Waals surface area contributed by atoms with Crippen molar-refractivity contribution in [3.8, 4) is 5.75 Å². The molecule has 1 saturated heterocycles. The lowest BCUT2D eigenvalue weighted by atomic mass is 10.2. The van der Waals surface area contributed by atoms with Crippen LogP contribution in [0.5, 0.6) is 5.75 Å². The Bertz CT molecular complexity index is 710. The summed E-state index contributed by atoms with van der Waals surface area (Å²) in [7, 11) is 0. The highest BCUT2D eigenvalue weighted by Crippen LogP contribution is 2.24. The highest BCUT2D eigenvalue weighted by Gasteiger charge is 2.21. The number of carbonyl (C=O) groups is 1. The normalized spacial score (nSPS) is 14.4. The SMILES string of the molecule is CC(C)Oc1ccccc1NCC(=O)N1CCN(c2ccccc2)CC1. The number of amides is 1. The van der Waals surface area contributed by atoms with E-state index in [1.54, 1.807) is 0 Å². The first-order chi connectivity index (χ1) is 12.6. The maximum absolute atomic E-state index is 12.6. The quantitative estimate of drug-likeness (QED) is 0.866. The summed E-state index contributed by atoms with van der Waals surface area (Å²) in [6.45, 7) is 7.50. The molecule has 2 aromatic carbocycles. The first-order valence-corrected chi connectivity index (χ1v) is 9.21. The molecule has 26 heavy (non-hydrogen) atoms. The van der Waals surface area contributed by atoms with Crippen LogP contribution in [0.3, 0.4) is 0 Å². The van der Waals surface area contributed by atoms with Gasteiger partial charge in [0.1, 0.15) is 5.75 Å². The van der Waals surface area contributed by atoms with E-state index < -0.39 is 0 Å². The Morgan fingerprint density at radius 1 is 1.00 bits per heavy atom. The first kappa shape index (κ1) is 18.1. The monoisotopic (exact) mass is 353 g/mol. The van der Waals surface area contributed by atoms with E-state index in [4.69, 9.17) is 4.74 Å². The van der Waals surface area contributed by atoms with Gasteiger partial charge in [0.25, 0.3) is 0 Å². The van der Waals surface area contributed by atoms with E-state index in [1.165, 1.54) is 5.69 Å². The van der Waals surface area contributed by atoms with Crippen LogP contribution in [0.1, 0.15) is 13.8 Å². The van der Waals surface area contributed by atoms with Crippen molar-refractivity contribution in [2.24, 2.45) is 0 Å². The molecular weight excluding hydrogens is 326 g/mol. The van der Waals surface area contributed by atoms with Crippen molar-refractivity contribution in [1.29, 1.82) is 0 Å². The van der Waals surface area contributed by atoms with Crippen LogP contribution in [0.4, 0.5) is 11.4 Å². The van der Waals surface area contributed by atoms with E-state index >= 15 is 0 Å². The third-order valence-electron chi connectivity index (χ3n) is 4.43. The number of rotatable bonds is 6. The van der Waals surface area contributed by atoms with Gasteiger partial charge in [-0.3, -0.25) is 4.79 Å². The largest absolute Gasteiger partial charge is 0.489 e.